The number of hydrogen-bond acceptors (Lipinski definition) is 4. The molecule has 2 aliphatic carbocycles. The van der Waals surface area contributed by atoms with Crippen molar-refractivity contribution < 1.29 is 19.4 Å². The van der Waals surface area contributed by atoms with Gasteiger partial charge in [-0.2, -0.15) is 0 Å². The van der Waals surface area contributed by atoms with E-state index in [-0.39, 0.29) is 47.1 Å². The van der Waals surface area contributed by atoms with Gasteiger partial charge in [-0.3, -0.25) is 0 Å². The van der Waals surface area contributed by atoms with Gasteiger partial charge in [0.25, 0.3) is 0 Å². The van der Waals surface area contributed by atoms with Gasteiger partial charge in [-0.1, -0.05) is 13.5 Å². The van der Waals surface area contributed by atoms with Crippen LogP contribution < -0.4 is 0 Å². The number of fused-ring (bicyclic) bond motifs is 5. The van der Waals surface area contributed by atoms with E-state index in [1.807, 2.05) is 0 Å². The molecule has 0 radical (unpaired) electrons. The second-order valence-corrected chi connectivity index (χ2v) is 7.07. The minimum Gasteiger partial charge on any atom is -0.458 e. The first kappa shape index (κ1) is 11.9. The van der Waals surface area contributed by atoms with Gasteiger partial charge in [-0.25, -0.2) is 4.79 Å². The number of carbonyl (C=O) groups is 1. The predicted molar refractivity (Wildman–Crippen MR) is 67.2 cm³/mol. The van der Waals surface area contributed by atoms with Crippen molar-refractivity contribution in [3.63, 3.8) is 0 Å². The molecule has 19 heavy (non-hydrogen) atoms. The van der Waals surface area contributed by atoms with E-state index in [2.05, 4.69) is 20.4 Å². The number of rotatable bonds is 0. The molecular weight excluding hydrogens is 244 g/mol. The van der Waals surface area contributed by atoms with Crippen LogP contribution in [0.3, 0.4) is 0 Å². The summed E-state index contributed by atoms with van der Waals surface area (Å²) in [5.41, 5.74) is 0.156. The van der Waals surface area contributed by atoms with Gasteiger partial charge in [0.05, 0.1) is 17.8 Å². The van der Waals surface area contributed by atoms with Gasteiger partial charge < -0.3 is 14.6 Å². The first-order chi connectivity index (χ1) is 8.88. The minimum absolute atomic E-state index is 0.0794. The molecule has 4 rings (SSSR count). The van der Waals surface area contributed by atoms with Gasteiger partial charge >= 0.3 is 5.97 Å². The van der Waals surface area contributed by atoms with Crippen molar-refractivity contribution in [1.82, 2.24) is 0 Å². The van der Waals surface area contributed by atoms with Crippen molar-refractivity contribution >= 4 is 5.97 Å². The molecule has 4 aliphatic rings. The number of epoxide rings is 1. The van der Waals surface area contributed by atoms with E-state index < -0.39 is 0 Å². The van der Waals surface area contributed by atoms with Crippen LogP contribution in [0.25, 0.3) is 0 Å². The van der Waals surface area contributed by atoms with Gasteiger partial charge in [-0.15, -0.1) is 0 Å². The zero-order valence-electron chi connectivity index (χ0n) is 11.4. The normalized spacial score (nSPS) is 59.0. The highest BCUT2D eigenvalue weighted by Gasteiger charge is 2.73. The molecule has 0 aromatic carbocycles. The van der Waals surface area contributed by atoms with Crippen molar-refractivity contribution in [2.75, 3.05) is 0 Å². The quantitative estimate of drug-likeness (QED) is 0.408. The molecule has 2 saturated heterocycles. The fourth-order valence-corrected chi connectivity index (χ4v) is 4.92. The molecule has 0 aromatic heterocycles. The van der Waals surface area contributed by atoms with Crippen LogP contribution in [0.1, 0.15) is 33.1 Å². The second kappa shape index (κ2) is 3.23. The molecule has 104 valence electrons. The molecule has 0 amide bonds. The second-order valence-electron chi connectivity index (χ2n) is 7.07. The lowest BCUT2D eigenvalue weighted by Crippen LogP contribution is -2.59. The average molecular weight is 264 g/mol. The van der Waals surface area contributed by atoms with Crippen LogP contribution in [0.15, 0.2) is 12.2 Å². The predicted octanol–water partition coefficient (Wildman–Crippen LogP) is 1.42. The Hall–Kier alpha value is -0.870. The fourth-order valence-electron chi connectivity index (χ4n) is 4.92. The highest BCUT2D eigenvalue weighted by molar-refractivity contribution is 5.91. The van der Waals surface area contributed by atoms with Crippen LogP contribution >= 0.6 is 0 Å². The van der Waals surface area contributed by atoms with E-state index in [0.29, 0.717) is 12.0 Å². The number of carbonyl (C=O) groups excluding carboxylic acids is 1. The summed E-state index contributed by atoms with van der Waals surface area (Å²) in [5, 5.41) is 10.5. The fraction of sp³-hybridized carbons (Fsp3) is 0.800. The van der Waals surface area contributed by atoms with E-state index >= 15 is 0 Å². The lowest BCUT2D eigenvalue weighted by molar-refractivity contribution is -0.161. The minimum atomic E-state index is -0.369. The molecule has 2 saturated carbocycles. The molecule has 0 bridgehead atoms. The standard InChI is InChI=1S/C15H20O4/c1-7-8-4-5-14(2)9(16)6-10-15(3,19-10)12(14)11(8)18-13(7)17/h8-12,16H,1,4-6H2,2-3H3/t8-,9-,10+,11-,12+,14-,15+/m0/s1. The van der Waals surface area contributed by atoms with E-state index in [1.54, 1.807) is 0 Å². The van der Waals surface area contributed by atoms with E-state index in [4.69, 9.17) is 9.47 Å². The van der Waals surface area contributed by atoms with Crippen molar-refractivity contribution in [3.8, 4) is 0 Å². The molecule has 0 unspecified atom stereocenters. The van der Waals surface area contributed by atoms with E-state index in [1.165, 1.54) is 0 Å². The summed E-state index contributed by atoms with van der Waals surface area (Å²) in [4.78, 5) is 11.8. The zero-order chi connectivity index (χ0) is 13.6. The van der Waals surface area contributed by atoms with Gasteiger partial charge in [0.2, 0.25) is 0 Å². The number of hydrogen-bond donors (Lipinski definition) is 1. The van der Waals surface area contributed by atoms with Gasteiger partial charge in [0.15, 0.2) is 0 Å². The van der Waals surface area contributed by atoms with Crippen LogP contribution in [0.4, 0.5) is 0 Å². The Morgan fingerprint density at radius 1 is 1.42 bits per heavy atom. The third-order valence-corrected chi connectivity index (χ3v) is 6.18. The Labute approximate surface area is 112 Å². The van der Waals surface area contributed by atoms with Gasteiger partial charge in [-0.05, 0) is 19.8 Å². The summed E-state index contributed by atoms with van der Waals surface area (Å²) in [6.45, 7) is 8.11. The Kier molecular flexibility index (Phi) is 2.03. The third kappa shape index (κ3) is 1.24. The number of aliphatic hydroxyl groups is 1. The van der Waals surface area contributed by atoms with Crippen LogP contribution in [0.2, 0.25) is 0 Å². The summed E-state index contributed by atoms with van der Waals surface area (Å²) in [5.74, 6) is -0.0756. The molecule has 4 nitrogen and oxygen atoms in total. The van der Waals surface area contributed by atoms with Crippen LogP contribution in [0.5, 0.6) is 0 Å². The van der Waals surface area contributed by atoms with Gasteiger partial charge in [0, 0.05) is 29.2 Å². The topological polar surface area (TPSA) is 59.1 Å². The first-order valence-electron chi connectivity index (χ1n) is 7.13. The largest absolute Gasteiger partial charge is 0.458 e. The monoisotopic (exact) mass is 264 g/mol. The SMILES string of the molecule is C=C1C(=O)O[C@@H]2[C@@H]3[C@@](C)(CC[C@@H]12)[C@@H](O)C[C@H]1O[C@@]31C. The maximum atomic E-state index is 11.8. The average Bonchev–Trinajstić information content (AvgIpc) is 2.90. The van der Waals surface area contributed by atoms with Crippen LogP contribution in [0, 0.1) is 17.3 Å². The van der Waals surface area contributed by atoms with Crippen molar-refractivity contribution in [3.05, 3.63) is 12.2 Å². The Morgan fingerprint density at radius 2 is 2.16 bits per heavy atom. The number of ether oxygens (including phenoxy) is 2. The third-order valence-electron chi connectivity index (χ3n) is 6.18. The Morgan fingerprint density at radius 3 is 2.89 bits per heavy atom. The summed E-state index contributed by atoms with van der Waals surface area (Å²) in [7, 11) is 0. The molecule has 7 atom stereocenters. The summed E-state index contributed by atoms with van der Waals surface area (Å²) >= 11 is 0. The highest BCUT2D eigenvalue weighted by atomic mass is 16.6. The van der Waals surface area contributed by atoms with Crippen LogP contribution in [-0.2, 0) is 14.3 Å². The summed E-state index contributed by atoms with van der Waals surface area (Å²) in [6.07, 6.45) is 2.07. The Bertz CT molecular complexity index is 487. The molecule has 1 N–H and O–H groups in total. The van der Waals surface area contributed by atoms with E-state index in [0.717, 1.165) is 12.8 Å². The maximum Gasteiger partial charge on any atom is 0.334 e. The summed E-state index contributed by atoms with van der Waals surface area (Å²) in [6, 6.07) is 0. The Balaban J connectivity index is 1.78. The lowest BCUT2D eigenvalue weighted by atomic mass is 9.52. The molecule has 4 fully saturated rings. The van der Waals surface area contributed by atoms with Crippen molar-refractivity contribution in [1.29, 1.82) is 0 Å². The first-order valence-corrected chi connectivity index (χ1v) is 7.13. The van der Waals surface area contributed by atoms with Crippen LogP contribution in [-0.4, -0.2) is 35.0 Å². The highest BCUT2D eigenvalue weighted by Crippen LogP contribution is 2.65. The van der Waals surface area contributed by atoms with Crippen molar-refractivity contribution in [2.45, 2.75) is 57.0 Å². The van der Waals surface area contributed by atoms with E-state index in [9.17, 15) is 9.90 Å². The molecule has 0 aromatic rings. The lowest BCUT2D eigenvalue weighted by Gasteiger charge is -2.52. The molecule has 0 spiro atoms. The summed E-state index contributed by atoms with van der Waals surface area (Å²) < 4.78 is 11.5. The smallest absolute Gasteiger partial charge is 0.334 e. The maximum absolute atomic E-state index is 11.8. The molecular formula is C15H20O4. The number of aliphatic hydroxyl groups excluding tert-OH is 1. The van der Waals surface area contributed by atoms with Gasteiger partial charge in [0.1, 0.15) is 6.10 Å². The number of esters is 1. The molecule has 4 heteroatoms. The van der Waals surface area contributed by atoms with Crippen molar-refractivity contribution in [2.24, 2.45) is 17.3 Å². The molecule has 2 aliphatic heterocycles. The zero-order valence-corrected chi connectivity index (χ0v) is 11.4. The molecule has 2 heterocycles.